The molecular weight excluding hydrogens is 387 g/mol. The molecule has 0 unspecified atom stereocenters. The van der Waals surface area contributed by atoms with Crippen molar-refractivity contribution in [2.75, 3.05) is 5.32 Å². The predicted octanol–water partition coefficient (Wildman–Crippen LogP) is 5.47. The third kappa shape index (κ3) is 5.54. The van der Waals surface area contributed by atoms with E-state index in [1.54, 1.807) is 6.07 Å². The molecule has 0 aliphatic heterocycles. The smallest absolute Gasteiger partial charge is 0.387 e. The molecule has 0 spiro atoms. The lowest BCUT2D eigenvalue weighted by molar-refractivity contribution is -0.0495. The van der Waals surface area contributed by atoms with Crippen molar-refractivity contribution >= 4 is 11.6 Å². The molecule has 0 saturated heterocycles. The van der Waals surface area contributed by atoms with Crippen molar-refractivity contribution in [3.63, 3.8) is 0 Å². The number of carbonyl (C=O) groups excluding carboxylic acids is 1. The van der Waals surface area contributed by atoms with E-state index < -0.39 is 24.1 Å². The number of furan rings is 1. The van der Waals surface area contributed by atoms with Crippen LogP contribution in [0.15, 0.2) is 52.9 Å². The maximum atomic E-state index is 13.3. The SMILES string of the molecule is Cc1cc(C)cc(OCc2ccc(C(=O)Nc3ccc(F)cc3OC(F)F)o2)c1. The number of hydrogen-bond donors (Lipinski definition) is 1. The van der Waals surface area contributed by atoms with E-state index in [2.05, 4.69) is 10.1 Å². The van der Waals surface area contributed by atoms with Gasteiger partial charge in [0.2, 0.25) is 0 Å². The van der Waals surface area contributed by atoms with E-state index in [1.807, 2.05) is 32.0 Å². The number of carbonyl (C=O) groups is 1. The molecule has 1 heterocycles. The van der Waals surface area contributed by atoms with Crippen LogP contribution in [0.1, 0.15) is 27.4 Å². The molecule has 3 aromatic rings. The number of alkyl halides is 2. The Kier molecular flexibility index (Phi) is 6.11. The van der Waals surface area contributed by atoms with E-state index in [-0.39, 0.29) is 18.1 Å². The van der Waals surface area contributed by atoms with E-state index in [4.69, 9.17) is 9.15 Å². The molecule has 5 nitrogen and oxygen atoms in total. The highest BCUT2D eigenvalue weighted by Gasteiger charge is 2.17. The highest BCUT2D eigenvalue weighted by Crippen LogP contribution is 2.28. The van der Waals surface area contributed by atoms with E-state index in [1.165, 1.54) is 6.07 Å². The number of aryl methyl sites for hydroxylation is 2. The van der Waals surface area contributed by atoms with Gasteiger partial charge in [-0.2, -0.15) is 8.78 Å². The van der Waals surface area contributed by atoms with Crippen LogP contribution < -0.4 is 14.8 Å². The van der Waals surface area contributed by atoms with Crippen molar-refractivity contribution in [2.24, 2.45) is 0 Å². The quantitative estimate of drug-likeness (QED) is 0.566. The Hall–Kier alpha value is -3.42. The standard InChI is InChI=1S/C21H18F3NO4/c1-12-7-13(2)9-16(8-12)27-11-15-4-6-18(28-15)20(26)25-17-5-3-14(22)10-19(17)29-21(23)24/h3-10,21H,11H2,1-2H3,(H,25,26). The van der Waals surface area contributed by atoms with E-state index in [9.17, 15) is 18.0 Å². The summed E-state index contributed by atoms with van der Waals surface area (Å²) < 4.78 is 53.6. The van der Waals surface area contributed by atoms with Gasteiger partial charge in [-0.05, 0) is 61.4 Å². The van der Waals surface area contributed by atoms with Crippen molar-refractivity contribution in [3.8, 4) is 11.5 Å². The molecule has 0 fully saturated rings. The molecule has 0 radical (unpaired) electrons. The summed E-state index contributed by atoms with van der Waals surface area (Å²) in [5, 5.41) is 2.36. The van der Waals surface area contributed by atoms with Gasteiger partial charge in [-0.25, -0.2) is 4.39 Å². The summed E-state index contributed by atoms with van der Waals surface area (Å²) in [5.74, 6) is -0.951. The molecule has 8 heteroatoms. The molecule has 29 heavy (non-hydrogen) atoms. The Morgan fingerprint density at radius 1 is 1.07 bits per heavy atom. The summed E-state index contributed by atoms with van der Waals surface area (Å²) in [6.07, 6.45) is 0. The molecule has 0 atom stereocenters. The van der Waals surface area contributed by atoms with Crippen molar-refractivity contribution in [2.45, 2.75) is 27.1 Å². The summed E-state index contributed by atoms with van der Waals surface area (Å²) >= 11 is 0. The Morgan fingerprint density at radius 3 is 2.48 bits per heavy atom. The van der Waals surface area contributed by atoms with Gasteiger partial charge < -0.3 is 19.2 Å². The molecule has 1 amide bonds. The lowest BCUT2D eigenvalue weighted by atomic mass is 10.1. The average molecular weight is 405 g/mol. The van der Waals surface area contributed by atoms with E-state index >= 15 is 0 Å². The molecule has 2 aromatic carbocycles. The van der Waals surface area contributed by atoms with Crippen molar-refractivity contribution in [1.29, 1.82) is 0 Å². The van der Waals surface area contributed by atoms with Crippen LogP contribution >= 0.6 is 0 Å². The third-order valence-electron chi connectivity index (χ3n) is 3.87. The molecule has 152 valence electrons. The van der Waals surface area contributed by atoms with Crippen LogP contribution in [0, 0.1) is 19.7 Å². The first-order valence-electron chi connectivity index (χ1n) is 8.65. The second kappa shape index (κ2) is 8.72. The van der Waals surface area contributed by atoms with Gasteiger partial charge in [-0.1, -0.05) is 6.07 Å². The highest BCUT2D eigenvalue weighted by atomic mass is 19.3. The van der Waals surface area contributed by atoms with Crippen molar-refractivity contribution in [3.05, 3.63) is 77.0 Å². The zero-order valence-electron chi connectivity index (χ0n) is 15.7. The van der Waals surface area contributed by atoms with Crippen molar-refractivity contribution < 1.29 is 31.9 Å². The van der Waals surface area contributed by atoms with Gasteiger partial charge in [0.05, 0.1) is 5.69 Å². The Bertz CT molecular complexity index is 997. The molecular formula is C21H18F3NO4. The van der Waals surface area contributed by atoms with Crippen LogP contribution in [0.2, 0.25) is 0 Å². The minimum Gasteiger partial charge on any atom is -0.486 e. The van der Waals surface area contributed by atoms with Gasteiger partial charge in [0.25, 0.3) is 5.91 Å². The van der Waals surface area contributed by atoms with Crippen LogP contribution in [0.4, 0.5) is 18.9 Å². The van der Waals surface area contributed by atoms with Crippen LogP contribution in [-0.2, 0) is 6.61 Å². The maximum Gasteiger partial charge on any atom is 0.387 e. The Morgan fingerprint density at radius 2 is 1.79 bits per heavy atom. The number of benzene rings is 2. The molecule has 0 aliphatic rings. The molecule has 3 rings (SSSR count). The number of amides is 1. The van der Waals surface area contributed by atoms with Crippen LogP contribution in [0.3, 0.4) is 0 Å². The number of ether oxygens (including phenoxy) is 2. The van der Waals surface area contributed by atoms with Crippen molar-refractivity contribution in [1.82, 2.24) is 0 Å². The minimum atomic E-state index is -3.16. The summed E-state index contributed by atoms with van der Waals surface area (Å²) in [7, 11) is 0. The summed E-state index contributed by atoms with van der Waals surface area (Å²) in [6, 6.07) is 11.7. The highest BCUT2D eigenvalue weighted by molar-refractivity contribution is 6.03. The summed E-state index contributed by atoms with van der Waals surface area (Å²) in [5.41, 5.74) is 2.00. The van der Waals surface area contributed by atoms with Gasteiger partial charge in [-0.15, -0.1) is 0 Å². The fraction of sp³-hybridized carbons (Fsp3) is 0.190. The number of halogens is 3. The summed E-state index contributed by atoms with van der Waals surface area (Å²) in [4.78, 5) is 12.3. The van der Waals surface area contributed by atoms with Crippen LogP contribution in [0.5, 0.6) is 11.5 Å². The van der Waals surface area contributed by atoms with Gasteiger partial charge in [-0.3, -0.25) is 4.79 Å². The molecule has 0 bridgehead atoms. The van der Waals surface area contributed by atoms with Crippen LogP contribution in [-0.4, -0.2) is 12.5 Å². The fourth-order valence-corrected chi connectivity index (χ4v) is 2.73. The Labute approximate surface area is 165 Å². The second-order valence-corrected chi connectivity index (χ2v) is 6.35. The number of rotatable bonds is 7. The largest absolute Gasteiger partial charge is 0.486 e. The zero-order valence-corrected chi connectivity index (χ0v) is 15.7. The number of nitrogens with one attached hydrogen (secondary N) is 1. The third-order valence-corrected chi connectivity index (χ3v) is 3.87. The normalized spacial score (nSPS) is 10.8. The monoisotopic (exact) mass is 405 g/mol. The lowest BCUT2D eigenvalue weighted by Crippen LogP contribution is -2.13. The Balaban J connectivity index is 1.66. The van der Waals surface area contributed by atoms with Gasteiger partial charge >= 0.3 is 6.61 Å². The number of hydrogen-bond acceptors (Lipinski definition) is 4. The first-order chi connectivity index (χ1) is 13.8. The first kappa shape index (κ1) is 20.3. The van der Waals surface area contributed by atoms with E-state index in [0.717, 1.165) is 29.3 Å². The minimum absolute atomic E-state index is 0.0589. The summed E-state index contributed by atoms with van der Waals surface area (Å²) in [6.45, 7) is 0.852. The maximum absolute atomic E-state index is 13.3. The molecule has 0 aliphatic carbocycles. The molecule has 1 aromatic heterocycles. The topological polar surface area (TPSA) is 60.7 Å². The predicted molar refractivity (Wildman–Crippen MR) is 99.9 cm³/mol. The number of anilines is 1. The zero-order chi connectivity index (χ0) is 21.0. The average Bonchev–Trinajstić information content (AvgIpc) is 3.10. The lowest BCUT2D eigenvalue weighted by Gasteiger charge is -2.11. The first-order valence-corrected chi connectivity index (χ1v) is 8.65. The second-order valence-electron chi connectivity index (χ2n) is 6.35. The van der Waals surface area contributed by atoms with Gasteiger partial charge in [0, 0.05) is 6.07 Å². The van der Waals surface area contributed by atoms with Gasteiger partial charge in [0.1, 0.15) is 23.9 Å². The van der Waals surface area contributed by atoms with Gasteiger partial charge in [0.15, 0.2) is 11.5 Å². The molecule has 0 saturated carbocycles. The molecule has 1 N–H and O–H groups in total. The fourth-order valence-electron chi connectivity index (χ4n) is 2.73. The van der Waals surface area contributed by atoms with E-state index in [0.29, 0.717) is 11.5 Å². The van der Waals surface area contributed by atoms with Crippen LogP contribution in [0.25, 0.3) is 0 Å².